The normalized spacial score (nSPS) is 9.94. The molecule has 3 heteroatoms. The van der Waals surface area contributed by atoms with Crippen LogP contribution in [0.1, 0.15) is 16.7 Å². The molecule has 0 bridgehead atoms. The number of hydrogen-bond acceptors (Lipinski definition) is 3. The third-order valence-electron chi connectivity index (χ3n) is 2.43. The molecule has 0 aliphatic carbocycles. The van der Waals surface area contributed by atoms with E-state index in [4.69, 9.17) is 5.26 Å². The van der Waals surface area contributed by atoms with E-state index in [1.807, 2.05) is 0 Å². The second kappa shape index (κ2) is 5.03. The summed E-state index contributed by atoms with van der Waals surface area (Å²) in [5, 5.41) is 9.77. The molecule has 0 atom stereocenters. The van der Waals surface area contributed by atoms with Gasteiger partial charge in [-0.3, -0.25) is 0 Å². The van der Waals surface area contributed by atoms with Gasteiger partial charge < -0.3 is 0 Å². The topological polar surface area (TPSA) is 36.7 Å². The summed E-state index contributed by atoms with van der Waals surface area (Å²) in [4.78, 5) is 5.39. The van der Waals surface area contributed by atoms with E-state index in [0.29, 0.717) is 5.56 Å². The molecule has 2 aromatic rings. The molecule has 17 heavy (non-hydrogen) atoms. The first kappa shape index (κ1) is 11.7. The fourth-order valence-electron chi connectivity index (χ4n) is 1.58. The summed E-state index contributed by atoms with van der Waals surface area (Å²) in [6, 6.07) is 12.0. The fraction of sp³-hybridized carbons (Fsp3) is 0.143. The zero-order chi connectivity index (χ0) is 12.3. The highest BCUT2D eigenvalue weighted by atomic mass is 32.2. The first-order chi connectivity index (χ1) is 8.20. The lowest BCUT2D eigenvalue weighted by Gasteiger charge is -2.06. The van der Waals surface area contributed by atoms with Gasteiger partial charge in [-0.15, -0.1) is 0 Å². The van der Waals surface area contributed by atoms with Crippen LogP contribution in [0.4, 0.5) is 0 Å². The Morgan fingerprint density at radius 3 is 2.76 bits per heavy atom. The monoisotopic (exact) mass is 240 g/mol. The number of nitrogens with zero attached hydrogens (tertiary/aromatic N) is 2. The summed E-state index contributed by atoms with van der Waals surface area (Å²) in [5.74, 6) is 0. The maximum atomic E-state index is 9.01. The first-order valence-corrected chi connectivity index (χ1v) is 6.12. The molecule has 0 aliphatic rings. The van der Waals surface area contributed by atoms with Gasteiger partial charge in [-0.1, -0.05) is 29.5 Å². The highest BCUT2D eigenvalue weighted by Crippen LogP contribution is 2.31. The Labute approximate surface area is 105 Å². The maximum Gasteiger partial charge on any atom is 0.119 e. The average molecular weight is 240 g/mol. The maximum absolute atomic E-state index is 9.01. The molecule has 0 spiro atoms. The van der Waals surface area contributed by atoms with Crippen molar-refractivity contribution in [2.45, 2.75) is 23.8 Å². The predicted molar refractivity (Wildman–Crippen MR) is 69.0 cm³/mol. The predicted octanol–water partition coefficient (Wildman–Crippen LogP) is 3.72. The summed E-state index contributed by atoms with van der Waals surface area (Å²) in [7, 11) is 0. The molecule has 1 heterocycles. The van der Waals surface area contributed by atoms with Crippen LogP contribution in [0.3, 0.4) is 0 Å². The van der Waals surface area contributed by atoms with Crippen LogP contribution >= 0.6 is 11.8 Å². The molecule has 1 aromatic heterocycles. The van der Waals surface area contributed by atoms with Crippen LogP contribution in [0.15, 0.2) is 46.5 Å². The van der Waals surface area contributed by atoms with Gasteiger partial charge in [0.1, 0.15) is 11.1 Å². The molecule has 2 nitrogen and oxygen atoms in total. The molecule has 0 saturated carbocycles. The van der Waals surface area contributed by atoms with Crippen molar-refractivity contribution in [3.05, 3.63) is 53.2 Å². The van der Waals surface area contributed by atoms with Gasteiger partial charge in [0.25, 0.3) is 0 Å². The minimum atomic E-state index is 0.623. The molecule has 84 valence electrons. The minimum Gasteiger partial charge on any atom is -0.248 e. The molecular weight excluding hydrogens is 228 g/mol. The van der Waals surface area contributed by atoms with Crippen LogP contribution < -0.4 is 0 Å². The van der Waals surface area contributed by atoms with Gasteiger partial charge in [0.15, 0.2) is 0 Å². The number of hydrogen-bond donors (Lipinski definition) is 0. The fourth-order valence-corrected chi connectivity index (χ4v) is 2.48. The van der Waals surface area contributed by atoms with Crippen molar-refractivity contribution < 1.29 is 0 Å². The van der Waals surface area contributed by atoms with E-state index in [-0.39, 0.29) is 0 Å². The molecule has 0 aliphatic heterocycles. The largest absolute Gasteiger partial charge is 0.248 e. The van der Waals surface area contributed by atoms with Crippen LogP contribution in [0.2, 0.25) is 0 Å². The Balaban J connectivity index is 2.35. The highest BCUT2D eigenvalue weighted by molar-refractivity contribution is 7.99. The van der Waals surface area contributed by atoms with E-state index in [0.717, 1.165) is 9.92 Å². The van der Waals surface area contributed by atoms with Gasteiger partial charge in [-0.25, -0.2) is 4.98 Å². The Morgan fingerprint density at radius 1 is 1.24 bits per heavy atom. The number of rotatable bonds is 2. The van der Waals surface area contributed by atoms with Crippen molar-refractivity contribution in [3.63, 3.8) is 0 Å². The van der Waals surface area contributed by atoms with Crippen LogP contribution in [-0.2, 0) is 0 Å². The number of benzene rings is 1. The van der Waals surface area contributed by atoms with E-state index < -0.39 is 0 Å². The third-order valence-corrected chi connectivity index (χ3v) is 3.63. The van der Waals surface area contributed by atoms with E-state index >= 15 is 0 Å². The second-order valence-corrected chi connectivity index (χ2v) is 4.87. The van der Waals surface area contributed by atoms with Crippen molar-refractivity contribution in [2.24, 2.45) is 0 Å². The van der Waals surface area contributed by atoms with Gasteiger partial charge >= 0.3 is 0 Å². The molecule has 0 saturated heterocycles. The van der Waals surface area contributed by atoms with Gasteiger partial charge in [-0.2, -0.15) is 5.26 Å². The van der Waals surface area contributed by atoms with Crippen molar-refractivity contribution in [3.8, 4) is 6.07 Å². The Bertz CT molecular complexity index is 585. The lowest BCUT2D eigenvalue weighted by atomic mass is 10.2. The van der Waals surface area contributed by atoms with E-state index in [1.165, 1.54) is 11.1 Å². The molecule has 2 rings (SSSR count). The number of nitriles is 1. The van der Waals surface area contributed by atoms with E-state index in [1.54, 1.807) is 30.1 Å². The zero-order valence-corrected chi connectivity index (χ0v) is 10.6. The van der Waals surface area contributed by atoms with E-state index in [2.05, 4.69) is 43.1 Å². The highest BCUT2D eigenvalue weighted by Gasteiger charge is 2.06. The summed E-state index contributed by atoms with van der Waals surface area (Å²) in [6.07, 6.45) is 1.71. The zero-order valence-electron chi connectivity index (χ0n) is 9.77. The van der Waals surface area contributed by atoms with Crippen LogP contribution in [0, 0.1) is 25.2 Å². The van der Waals surface area contributed by atoms with Crippen LogP contribution in [-0.4, -0.2) is 4.98 Å². The van der Waals surface area contributed by atoms with Gasteiger partial charge in [0, 0.05) is 11.1 Å². The SMILES string of the molecule is Cc1ccc(Sc2ncccc2C#N)c(C)c1. The smallest absolute Gasteiger partial charge is 0.119 e. The molecular formula is C14H12N2S. The number of aryl methyl sites for hydroxylation is 2. The Morgan fingerprint density at radius 2 is 2.06 bits per heavy atom. The average Bonchev–Trinajstić information content (AvgIpc) is 2.33. The molecule has 0 fully saturated rings. The third kappa shape index (κ3) is 2.66. The molecule has 0 unspecified atom stereocenters. The first-order valence-electron chi connectivity index (χ1n) is 5.31. The van der Waals surface area contributed by atoms with Gasteiger partial charge in [0.2, 0.25) is 0 Å². The quantitative estimate of drug-likeness (QED) is 0.802. The van der Waals surface area contributed by atoms with Crippen LogP contribution in [0.25, 0.3) is 0 Å². The minimum absolute atomic E-state index is 0.623. The van der Waals surface area contributed by atoms with Crippen molar-refractivity contribution >= 4 is 11.8 Å². The van der Waals surface area contributed by atoms with Gasteiger partial charge in [0.05, 0.1) is 5.56 Å². The Kier molecular flexibility index (Phi) is 3.46. The summed E-state index contributed by atoms with van der Waals surface area (Å²) < 4.78 is 0. The second-order valence-electron chi connectivity index (χ2n) is 3.84. The Hall–Kier alpha value is -1.79. The van der Waals surface area contributed by atoms with Crippen molar-refractivity contribution in [1.82, 2.24) is 4.98 Å². The summed E-state index contributed by atoms with van der Waals surface area (Å²) >= 11 is 1.54. The standard InChI is InChI=1S/C14H12N2S/c1-10-5-6-13(11(2)8-10)17-14-12(9-15)4-3-7-16-14/h3-8H,1-2H3. The van der Waals surface area contributed by atoms with Gasteiger partial charge in [-0.05, 0) is 37.6 Å². The summed E-state index contributed by atoms with van der Waals surface area (Å²) in [6.45, 7) is 4.15. The lowest BCUT2D eigenvalue weighted by molar-refractivity contribution is 1.10. The summed E-state index contributed by atoms with van der Waals surface area (Å²) in [5.41, 5.74) is 3.08. The molecule has 0 radical (unpaired) electrons. The molecule has 0 N–H and O–H groups in total. The molecule has 1 aromatic carbocycles. The van der Waals surface area contributed by atoms with Crippen molar-refractivity contribution in [2.75, 3.05) is 0 Å². The van der Waals surface area contributed by atoms with Crippen LogP contribution in [0.5, 0.6) is 0 Å². The lowest BCUT2D eigenvalue weighted by Crippen LogP contribution is -1.87. The number of aromatic nitrogens is 1. The van der Waals surface area contributed by atoms with E-state index in [9.17, 15) is 0 Å². The molecule has 0 amide bonds. The number of pyridine rings is 1. The van der Waals surface area contributed by atoms with Crippen molar-refractivity contribution in [1.29, 1.82) is 5.26 Å².